The number of hydrogen-bond donors (Lipinski definition) is 0. The molecule has 0 saturated heterocycles. The van der Waals surface area contributed by atoms with Gasteiger partial charge in [0, 0.05) is 0 Å². The van der Waals surface area contributed by atoms with E-state index in [1.54, 1.807) is 18.7 Å². The number of benzene rings is 1. The van der Waals surface area contributed by atoms with Gasteiger partial charge in [0.05, 0.1) is 10.0 Å². The van der Waals surface area contributed by atoms with Crippen molar-refractivity contribution in [3.63, 3.8) is 0 Å². The van der Waals surface area contributed by atoms with Gasteiger partial charge in [-0.2, -0.15) is 0 Å². The van der Waals surface area contributed by atoms with Crippen LogP contribution in [0.4, 0.5) is 0 Å². The summed E-state index contributed by atoms with van der Waals surface area (Å²) in [6.45, 7) is 3.61. The molecule has 1 nitrogen and oxygen atoms in total. The molecule has 71 valence electrons. The predicted molar refractivity (Wildman–Crippen MR) is 56.7 cm³/mol. The van der Waals surface area contributed by atoms with E-state index in [4.69, 9.17) is 39.5 Å². The van der Waals surface area contributed by atoms with Crippen LogP contribution >= 0.6 is 34.8 Å². The van der Waals surface area contributed by atoms with E-state index < -0.39 is 0 Å². The zero-order valence-electron chi connectivity index (χ0n) is 6.98. The highest BCUT2D eigenvalue weighted by Crippen LogP contribution is 2.37. The molecule has 0 bridgehead atoms. The van der Waals surface area contributed by atoms with Crippen LogP contribution in [0.15, 0.2) is 12.1 Å². The highest BCUT2D eigenvalue weighted by molar-refractivity contribution is 6.48. The topological polar surface area (TPSA) is 9.23 Å². The SMILES string of the molecule is CC[CH]Oc1ccc(Cl)c(Cl)c1Cl. The molecule has 0 amide bonds. The summed E-state index contributed by atoms with van der Waals surface area (Å²) in [6, 6.07) is 3.33. The molecule has 0 saturated carbocycles. The third-order valence-corrected chi connectivity index (χ3v) is 2.65. The molecule has 0 aliphatic heterocycles. The second-order valence-corrected chi connectivity index (χ2v) is 3.53. The summed E-state index contributed by atoms with van der Waals surface area (Å²) in [5, 5.41) is 1.10. The van der Waals surface area contributed by atoms with E-state index in [-0.39, 0.29) is 0 Å². The summed E-state index contributed by atoms with van der Waals surface area (Å²) < 4.78 is 5.22. The molecule has 1 radical (unpaired) electrons. The second-order valence-electron chi connectivity index (χ2n) is 2.37. The normalized spacial score (nSPS) is 10.2. The number of halogens is 3. The molecule has 13 heavy (non-hydrogen) atoms. The van der Waals surface area contributed by atoms with Crippen molar-refractivity contribution >= 4 is 34.8 Å². The Kier molecular flexibility index (Phi) is 4.17. The van der Waals surface area contributed by atoms with E-state index >= 15 is 0 Å². The van der Waals surface area contributed by atoms with Gasteiger partial charge in [0.15, 0.2) is 0 Å². The van der Waals surface area contributed by atoms with Crippen LogP contribution in [-0.2, 0) is 0 Å². The van der Waals surface area contributed by atoms with Gasteiger partial charge in [-0.1, -0.05) is 41.7 Å². The third kappa shape index (κ3) is 2.67. The van der Waals surface area contributed by atoms with Crippen molar-refractivity contribution in [3.05, 3.63) is 33.8 Å². The zero-order valence-corrected chi connectivity index (χ0v) is 9.25. The van der Waals surface area contributed by atoms with Crippen LogP contribution in [0.3, 0.4) is 0 Å². The van der Waals surface area contributed by atoms with Crippen molar-refractivity contribution in [3.8, 4) is 5.75 Å². The molecule has 4 heteroatoms. The largest absolute Gasteiger partial charge is 0.485 e. The summed E-state index contributed by atoms with van der Waals surface area (Å²) in [6.07, 6.45) is 0.802. The van der Waals surface area contributed by atoms with Crippen molar-refractivity contribution in [1.29, 1.82) is 0 Å². The van der Waals surface area contributed by atoms with E-state index in [1.165, 1.54) is 0 Å². The van der Waals surface area contributed by atoms with Crippen molar-refractivity contribution in [1.82, 2.24) is 0 Å². The van der Waals surface area contributed by atoms with Gasteiger partial charge in [-0.15, -0.1) is 0 Å². The first-order valence-corrected chi connectivity index (χ1v) is 4.92. The molecule has 0 unspecified atom stereocenters. The number of ether oxygens (including phenoxy) is 1. The van der Waals surface area contributed by atoms with Gasteiger partial charge in [0.2, 0.25) is 0 Å². The Morgan fingerprint density at radius 2 is 1.92 bits per heavy atom. The minimum Gasteiger partial charge on any atom is -0.485 e. The lowest BCUT2D eigenvalue weighted by molar-refractivity contribution is 0.397. The Hall–Kier alpha value is -0.110. The van der Waals surface area contributed by atoms with E-state index in [0.29, 0.717) is 20.8 Å². The van der Waals surface area contributed by atoms with E-state index in [0.717, 1.165) is 6.42 Å². The maximum absolute atomic E-state index is 5.87. The average Bonchev–Trinajstić information content (AvgIpc) is 2.13. The maximum Gasteiger partial charge on any atom is 0.140 e. The number of hydrogen-bond acceptors (Lipinski definition) is 1. The molecule has 0 aliphatic carbocycles. The summed E-state index contributed by atoms with van der Waals surface area (Å²) in [4.78, 5) is 0. The molecule has 1 rings (SSSR count). The van der Waals surface area contributed by atoms with Crippen molar-refractivity contribution in [2.24, 2.45) is 0 Å². The summed E-state index contributed by atoms with van der Waals surface area (Å²) in [7, 11) is 0. The van der Waals surface area contributed by atoms with Crippen molar-refractivity contribution in [2.45, 2.75) is 13.3 Å². The minimum atomic E-state index is 0.324. The molecule has 1 aromatic carbocycles. The molecule has 0 spiro atoms. The fourth-order valence-corrected chi connectivity index (χ4v) is 1.34. The fraction of sp³-hybridized carbons (Fsp3) is 0.222. The quantitative estimate of drug-likeness (QED) is 0.700. The van der Waals surface area contributed by atoms with Gasteiger partial charge in [0.1, 0.15) is 17.4 Å². The van der Waals surface area contributed by atoms with E-state index in [1.807, 2.05) is 6.92 Å². The standard InChI is InChI=1S/C9H8Cl3O/c1-2-5-13-7-4-3-6(10)8(11)9(7)12/h3-5H,2H2,1H3. The molecular formula is C9H8Cl3O. The lowest BCUT2D eigenvalue weighted by Crippen LogP contribution is -1.89. The summed E-state index contributed by atoms with van der Waals surface area (Å²) in [5.41, 5.74) is 0. The Labute approximate surface area is 92.5 Å². The lowest BCUT2D eigenvalue weighted by atomic mass is 10.3. The molecule has 0 aliphatic rings. The van der Waals surface area contributed by atoms with Crippen LogP contribution < -0.4 is 4.74 Å². The second kappa shape index (κ2) is 4.94. The fourth-order valence-electron chi connectivity index (χ4n) is 0.772. The highest BCUT2D eigenvalue weighted by atomic mass is 35.5. The molecule has 0 aromatic heterocycles. The van der Waals surface area contributed by atoms with Crippen LogP contribution in [-0.4, -0.2) is 0 Å². The average molecular weight is 239 g/mol. The van der Waals surface area contributed by atoms with Crippen LogP contribution in [0.2, 0.25) is 15.1 Å². The summed E-state index contributed by atoms with van der Waals surface area (Å²) >= 11 is 17.4. The minimum absolute atomic E-state index is 0.324. The smallest absolute Gasteiger partial charge is 0.140 e. The molecule has 0 N–H and O–H groups in total. The van der Waals surface area contributed by atoms with Gasteiger partial charge in [-0.3, -0.25) is 0 Å². The monoisotopic (exact) mass is 237 g/mol. The first-order chi connectivity index (χ1) is 6.16. The van der Waals surface area contributed by atoms with Gasteiger partial charge in [-0.05, 0) is 18.6 Å². The van der Waals surface area contributed by atoms with Crippen molar-refractivity contribution in [2.75, 3.05) is 0 Å². The molecule has 1 aromatic rings. The summed E-state index contributed by atoms with van der Waals surface area (Å²) in [5.74, 6) is 0.526. The van der Waals surface area contributed by atoms with E-state index in [9.17, 15) is 0 Å². The Morgan fingerprint density at radius 1 is 1.23 bits per heavy atom. The zero-order chi connectivity index (χ0) is 9.84. The van der Waals surface area contributed by atoms with Crippen LogP contribution in [0.25, 0.3) is 0 Å². The highest BCUT2D eigenvalue weighted by Gasteiger charge is 2.09. The van der Waals surface area contributed by atoms with Gasteiger partial charge in [0.25, 0.3) is 0 Å². The van der Waals surface area contributed by atoms with Crippen LogP contribution in [0.5, 0.6) is 5.75 Å². The predicted octanol–water partition coefficient (Wildman–Crippen LogP) is 4.60. The van der Waals surface area contributed by atoms with Gasteiger partial charge in [-0.25, -0.2) is 0 Å². The maximum atomic E-state index is 5.87. The Bertz CT molecular complexity index is 299. The van der Waals surface area contributed by atoms with Crippen LogP contribution in [0, 0.1) is 6.61 Å². The number of rotatable bonds is 3. The van der Waals surface area contributed by atoms with Gasteiger partial charge < -0.3 is 4.74 Å². The third-order valence-electron chi connectivity index (χ3n) is 1.38. The van der Waals surface area contributed by atoms with Crippen LogP contribution in [0.1, 0.15) is 13.3 Å². The molecule has 0 atom stereocenters. The molecular weight excluding hydrogens is 230 g/mol. The van der Waals surface area contributed by atoms with Crippen molar-refractivity contribution < 1.29 is 4.74 Å². The Balaban J connectivity index is 2.90. The van der Waals surface area contributed by atoms with E-state index in [2.05, 4.69) is 0 Å². The molecule has 0 fully saturated rings. The lowest BCUT2D eigenvalue weighted by Gasteiger charge is -2.07. The molecule has 0 heterocycles. The first-order valence-electron chi connectivity index (χ1n) is 3.78. The van der Waals surface area contributed by atoms with Gasteiger partial charge >= 0.3 is 0 Å². The Morgan fingerprint density at radius 3 is 2.54 bits per heavy atom. The first kappa shape index (κ1) is 11.0.